The van der Waals surface area contributed by atoms with Crippen LogP contribution in [0.3, 0.4) is 0 Å². The quantitative estimate of drug-likeness (QED) is 0.736. The van der Waals surface area contributed by atoms with E-state index in [0.29, 0.717) is 18.8 Å². The van der Waals surface area contributed by atoms with Gasteiger partial charge in [0.15, 0.2) is 0 Å². The van der Waals surface area contributed by atoms with E-state index in [1.165, 1.54) is 0 Å². The highest BCUT2D eigenvalue weighted by Gasteiger charge is 2.25. The third-order valence-corrected chi connectivity index (χ3v) is 5.00. The maximum atomic E-state index is 12.4. The van der Waals surface area contributed by atoms with Gasteiger partial charge in [0.05, 0.1) is 31.0 Å². The van der Waals surface area contributed by atoms with Gasteiger partial charge in [-0.3, -0.25) is 4.57 Å². The molecule has 0 bridgehead atoms. The van der Waals surface area contributed by atoms with Crippen molar-refractivity contribution < 1.29 is 13.6 Å². The van der Waals surface area contributed by atoms with Crippen LogP contribution in [0.4, 0.5) is 0 Å². The summed E-state index contributed by atoms with van der Waals surface area (Å²) in [5.74, 6) is 0. The van der Waals surface area contributed by atoms with Gasteiger partial charge in [0.25, 0.3) is 0 Å². The highest BCUT2D eigenvalue weighted by molar-refractivity contribution is 9.10. The number of nitrogens with zero attached hydrogens (tertiary/aromatic N) is 1. The summed E-state index contributed by atoms with van der Waals surface area (Å²) >= 11 is 3.37. The lowest BCUT2D eigenvalue weighted by Crippen LogP contribution is -2.00. The van der Waals surface area contributed by atoms with Crippen LogP contribution in [0, 0.1) is 11.3 Å². The Morgan fingerprint density at radius 2 is 1.94 bits per heavy atom. The minimum Gasteiger partial charge on any atom is -0.309 e. The molecule has 0 aliphatic carbocycles. The number of rotatable bonds is 6. The first-order valence-corrected chi connectivity index (χ1v) is 8.13. The molecule has 98 valence electrons. The summed E-state index contributed by atoms with van der Waals surface area (Å²) in [5, 5.41) is 8.86. The van der Waals surface area contributed by atoms with Gasteiger partial charge in [-0.1, -0.05) is 15.9 Å². The normalized spacial score (nSPS) is 11.2. The van der Waals surface area contributed by atoms with Gasteiger partial charge in [-0.05, 0) is 37.6 Å². The van der Waals surface area contributed by atoms with E-state index >= 15 is 0 Å². The van der Waals surface area contributed by atoms with Crippen molar-refractivity contribution in [2.24, 2.45) is 0 Å². The Kier molecular flexibility index (Phi) is 6.04. The largest absolute Gasteiger partial charge is 0.335 e. The molecule has 0 radical (unpaired) electrons. The molecule has 1 rings (SSSR count). The predicted molar refractivity (Wildman–Crippen MR) is 73.4 cm³/mol. The molecule has 0 heterocycles. The van der Waals surface area contributed by atoms with Crippen LogP contribution < -0.4 is 0 Å². The summed E-state index contributed by atoms with van der Waals surface area (Å²) in [4.78, 5) is 0. The van der Waals surface area contributed by atoms with Gasteiger partial charge in [0, 0.05) is 4.47 Å². The van der Waals surface area contributed by atoms with Crippen LogP contribution in [0.15, 0.2) is 22.7 Å². The molecular weight excluding hydrogens is 317 g/mol. The molecule has 0 N–H and O–H groups in total. The van der Waals surface area contributed by atoms with Crippen LogP contribution in [0.1, 0.15) is 25.0 Å². The molecule has 18 heavy (non-hydrogen) atoms. The van der Waals surface area contributed by atoms with Crippen LogP contribution in [-0.2, 0) is 19.8 Å². The summed E-state index contributed by atoms with van der Waals surface area (Å²) in [6.07, 6.45) is 0.158. The molecule has 1 aromatic carbocycles. The van der Waals surface area contributed by atoms with E-state index in [9.17, 15) is 4.57 Å². The van der Waals surface area contributed by atoms with E-state index in [1.807, 2.05) is 0 Å². The predicted octanol–water partition coefficient (Wildman–Crippen LogP) is 4.09. The van der Waals surface area contributed by atoms with E-state index < -0.39 is 7.60 Å². The summed E-state index contributed by atoms with van der Waals surface area (Å²) < 4.78 is 23.6. The first-order valence-electron chi connectivity index (χ1n) is 5.61. The lowest BCUT2D eigenvalue weighted by atomic mass is 10.2. The van der Waals surface area contributed by atoms with Gasteiger partial charge in [0.1, 0.15) is 0 Å². The Bertz CT molecular complexity index is 489. The smallest absolute Gasteiger partial charge is 0.309 e. The highest BCUT2D eigenvalue weighted by atomic mass is 79.9. The standard InChI is InChI=1S/C12H15BrNO3P/c1-3-16-18(15,17-4-2)9-11-7-10(8-14)5-6-12(11)13/h5-7H,3-4,9H2,1-2H3. The van der Waals surface area contributed by atoms with Crippen LogP contribution >= 0.6 is 23.5 Å². The fourth-order valence-electron chi connectivity index (χ4n) is 1.50. The number of halogens is 1. The average Bonchev–Trinajstić information content (AvgIpc) is 2.32. The van der Waals surface area contributed by atoms with Gasteiger partial charge in [-0.2, -0.15) is 5.26 Å². The molecule has 0 unspecified atom stereocenters. The third kappa shape index (κ3) is 4.22. The minimum atomic E-state index is -3.14. The molecule has 0 spiro atoms. The van der Waals surface area contributed by atoms with Crippen molar-refractivity contribution in [2.75, 3.05) is 13.2 Å². The average molecular weight is 332 g/mol. The van der Waals surface area contributed by atoms with Crippen molar-refractivity contribution >= 4 is 23.5 Å². The molecule has 0 fully saturated rings. The van der Waals surface area contributed by atoms with E-state index in [0.717, 1.165) is 10.0 Å². The zero-order chi connectivity index (χ0) is 13.6. The van der Waals surface area contributed by atoms with E-state index in [2.05, 4.69) is 22.0 Å². The Balaban J connectivity index is 3.00. The van der Waals surface area contributed by atoms with Crippen LogP contribution in [-0.4, -0.2) is 13.2 Å². The zero-order valence-electron chi connectivity index (χ0n) is 10.4. The highest BCUT2D eigenvalue weighted by Crippen LogP contribution is 2.52. The molecule has 0 aliphatic rings. The monoisotopic (exact) mass is 331 g/mol. The molecule has 0 amide bonds. The maximum absolute atomic E-state index is 12.4. The minimum absolute atomic E-state index is 0.158. The molecule has 1 aromatic rings. The SMILES string of the molecule is CCOP(=O)(Cc1cc(C#N)ccc1Br)OCC. The Morgan fingerprint density at radius 1 is 1.33 bits per heavy atom. The van der Waals surface area contributed by atoms with E-state index in [4.69, 9.17) is 14.3 Å². The van der Waals surface area contributed by atoms with Crippen molar-refractivity contribution in [3.63, 3.8) is 0 Å². The first-order chi connectivity index (χ1) is 8.54. The lowest BCUT2D eigenvalue weighted by Gasteiger charge is -2.17. The third-order valence-electron chi connectivity index (χ3n) is 2.19. The Hall–Kier alpha value is -0.660. The zero-order valence-corrected chi connectivity index (χ0v) is 12.8. The fraction of sp³-hybridized carbons (Fsp3) is 0.417. The second-order valence-electron chi connectivity index (χ2n) is 3.52. The molecule has 0 saturated heterocycles. The Morgan fingerprint density at radius 3 is 2.44 bits per heavy atom. The van der Waals surface area contributed by atoms with Crippen LogP contribution in [0.25, 0.3) is 0 Å². The number of nitriles is 1. The van der Waals surface area contributed by atoms with E-state index in [-0.39, 0.29) is 6.16 Å². The van der Waals surface area contributed by atoms with Crippen molar-refractivity contribution in [3.05, 3.63) is 33.8 Å². The Labute approximate surface area is 116 Å². The second-order valence-corrected chi connectivity index (χ2v) is 6.43. The summed E-state index contributed by atoms with van der Waals surface area (Å²) in [6, 6.07) is 7.20. The molecule has 0 aromatic heterocycles. The molecular formula is C12H15BrNO3P. The molecule has 0 atom stereocenters. The molecule has 4 nitrogen and oxygen atoms in total. The fourth-order valence-corrected chi connectivity index (χ4v) is 3.82. The van der Waals surface area contributed by atoms with Gasteiger partial charge in [-0.15, -0.1) is 0 Å². The van der Waals surface area contributed by atoms with Crippen LogP contribution in [0.5, 0.6) is 0 Å². The van der Waals surface area contributed by atoms with Gasteiger partial charge in [0.2, 0.25) is 0 Å². The summed E-state index contributed by atoms with van der Waals surface area (Å²) in [5.41, 5.74) is 1.27. The van der Waals surface area contributed by atoms with Gasteiger partial charge >= 0.3 is 7.60 Å². The van der Waals surface area contributed by atoms with Crippen molar-refractivity contribution in [2.45, 2.75) is 20.0 Å². The second kappa shape index (κ2) is 7.06. The number of hydrogen-bond donors (Lipinski definition) is 0. The maximum Gasteiger partial charge on any atom is 0.335 e. The van der Waals surface area contributed by atoms with Crippen molar-refractivity contribution in [1.29, 1.82) is 5.26 Å². The lowest BCUT2D eigenvalue weighted by molar-refractivity contribution is 0.219. The van der Waals surface area contributed by atoms with Crippen LogP contribution in [0.2, 0.25) is 0 Å². The first kappa shape index (κ1) is 15.4. The summed E-state index contributed by atoms with van der Waals surface area (Å²) in [6.45, 7) is 4.19. The van der Waals surface area contributed by atoms with E-state index in [1.54, 1.807) is 32.0 Å². The molecule has 0 aliphatic heterocycles. The molecule has 6 heteroatoms. The molecule has 0 saturated carbocycles. The van der Waals surface area contributed by atoms with Gasteiger partial charge < -0.3 is 9.05 Å². The topological polar surface area (TPSA) is 59.3 Å². The number of hydrogen-bond acceptors (Lipinski definition) is 4. The number of benzene rings is 1. The van der Waals surface area contributed by atoms with Crippen molar-refractivity contribution in [3.8, 4) is 6.07 Å². The summed E-state index contributed by atoms with van der Waals surface area (Å²) in [7, 11) is -3.14. The van der Waals surface area contributed by atoms with Crippen molar-refractivity contribution in [1.82, 2.24) is 0 Å². The van der Waals surface area contributed by atoms with Gasteiger partial charge in [-0.25, -0.2) is 0 Å².